The fourth-order valence-corrected chi connectivity index (χ4v) is 1.87. The summed E-state index contributed by atoms with van der Waals surface area (Å²) in [4.78, 5) is 23.9. The van der Waals surface area contributed by atoms with Gasteiger partial charge in [0.1, 0.15) is 6.10 Å². The molecular formula is C12H17NO5. The number of nitrogens with zero attached hydrogens (tertiary/aromatic N) is 1. The van der Waals surface area contributed by atoms with Crippen LogP contribution in [-0.2, 0) is 23.8 Å². The molecule has 0 aromatic carbocycles. The Morgan fingerprint density at radius 1 is 1.33 bits per heavy atom. The van der Waals surface area contributed by atoms with Gasteiger partial charge in [0.25, 0.3) is 5.60 Å². The molecule has 0 N–H and O–H groups in total. The minimum atomic E-state index is -1.77. The highest BCUT2D eigenvalue weighted by Crippen LogP contribution is 2.31. The zero-order valence-electron chi connectivity index (χ0n) is 10.6. The van der Waals surface area contributed by atoms with Crippen molar-refractivity contribution in [2.24, 2.45) is 0 Å². The molecule has 1 fully saturated rings. The van der Waals surface area contributed by atoms with Crippen molar-refractivity contribution in [2.75, 3.05) is 13.2 Å². The Morgan fingerprint density at radius 3 is 2.33 bits per heavy atom. The summed E-state index contributed by atoms with van der Waals surface area (Å²) in [7, 11) is 0. The average Bonchev–Trinajstić information content (AvgIpc) is 2.39. The van der Waals surface area contributed by atoms with Crippen LogP contribution in [0, 0.1) is 11.3 Å². The van der Waals surface area contributed by atoms with Crippen LogP contribution in [0.15, 0.2) is 0 Å². The van der Waals surface area contributed by atoms with Gasteiger partial charge in [-0.2, -0.15) is 5.26 Å². The highest BCUT2D eigenvalue weighted by Gasteiger charge is 2.53. The van der Waals surface area contributed by atoms with E-state index in [0.29, 0.717) is 12.8 Å². The highest BCUT2D eigenvalue weighted by molar-refractivity contribution is 6.03. The molecule has 1 saturated heterocycles. The normalized spacial score (nSPS) is 21.7. The second-order valence-electron chi connectivity index (χ2n) is 3.90. The maximum absolute atomic E-state index is 11.9. The van der Waals surface area contributed by atoms with Crippen molar-refractivity contribution >= 4 is 11.9 Å². The minimum Gasteiger partial charge on any atom is -0.463 e. The van der Waals surface area contributed by atoms with Crippen LogP contribution in [0.2, 0.25) is 0 Å². The van der Waals surface area contributed by atoms with Crippen molar-refractivity contribution in [1.82, 2.24) is 0 Å². The lowest BCUT2D eigenvalue weighted by atomic mass is 9.91. The standard InChI is InChI=1S/C12H17NO5/c1-3-16-10(14)12(11(15)17-4-2)7-5-6-9(8-13)18-12/h9H,3-7H2,1-2H3. The van der Waals surface area contributed by atoms with E-state index in [0.717, 1.165) is 0 Å². The molecule has 0 bridgehead atoms. The molecule has 0 spiro atoms. The van der Waals surface area contributed by atoms with Gasteiger partial charge in [0.2, 0.25) is 0 Å². The number of carbonyl (C=O) groups is 2. The summed E-state index contributed by atoms with van der Waals surface area (Å²) in [5, 5.41) is 8.87. The minimum absolute atomic E-state index is 0.139. The van der Waals surface area contributed by atoms with Crippen LogP contribution in [-0.4, -0.2) is 36.9 Å². The Bertz CT molecular complexity index is 342. The zero-order valence-corrected chi connectivity index (χ0v) is 10.6. The van der Waals surface area contributed by atoms with Crippen LogP contribution in [0.25, 0.3) is 0 Å². The van der Waals surface area contributed by atoms with E-state index in [9.17, 15) is 9.59 Å². The summed E-state index contributed by atoms with van der Waals surface area (Å²) in [6.07, 6.45) is 0.433. The number of rotatable bonds is 4. The maximum Gasteiger partial charge on any atom is 0.350 e. The lowest BCUT2D eigenvalue weighted by Gasteiger charge is -2.34. The quantitative estimate of drug-likeness (QED) is 0.549. The van der Waals surface area contributed by atoms with Crippen molar-refractivity contribution in [3.8, 4) is 6.07 Å². The summed E-state index contributed by atoms with van der Waals surface area (Å²) >= 11 is 0. The zero-order chi connectivity index (χ0) is 13.6. The van der Waals surface area contributed by atoms with E-state index in [4.69, 9.17) is 19.5 Å². The second kappa shape index (κ2) is 6.36. The first kappa shape index (κ1) is 14.5. The SMILES string of the molecule is CCOC(=O)C1(C(=O)OCC)CCCC(C#N)O1. The lowest BCUT2D eigenvalue weighted by Crippen LogP contribution is -2.55. The number of ether oxygens (including phenoxy) is 3. The third kappa shape index (κ3) is 2.79. The topological polar surface area (TPSA) is 85.6 Å². The van der Waals surface area contributed by atoms with Gasteiger partial charge in [-0.05, 0) is 33.1 Å². The summed E-state index contributed by atoms with van der Waals surface area (Å²) in [6, 6.07) is 1.91. The van der Waals surface area contributed by atoms with Gasteiger partial charge < -0.3 is 14.2 Å². The van der Waals surface area contributed by atoms with E-state index in [2.05, 4.69) is 0 Å². The van der Waals surface area contributed by atoms with Crippen molar-refractivity contribution in [3.63, 3.8) is 0 Å². The van der Waals surface area contributed by atoms with Gasteiger partial charge in [0.05, 0.1) is 19.3 Å². The summed E-state index contributed by atoms with van der Waals surface area (Å²) < 4.78 is 15.1. The molecule has 0 aromatic heterocycles. The Balaban J connectivity index is 2.97. The van der Waals surface area contributed by atoms with Gasteiger partial charge in [0.15, 0.2) is 0 Å². The molecule has 0 aliphatic carbocycles. The first-order chi connectivity index (χ1) is 8.60. The molecule has 1 aliphatic heterocycles. The third-order valence-electron chi connectivity index (χ3n) is 2.69. The van der Waals surface area contributed by atoms with Crippen LogP contribution in [0.5, 0.6) is 0 Å². The highest BCUT2D eigenvalue weighted by atomic mass is 16.6. The molecule has 1 aliphatic rings. The van der Waals surface area contributed by atoms with E-state index in [1.54, 1.807) is 13.8 Å². The molecule has 1 atom stereocenters. The predicted molar refractivity (Wildman–Crippen MR) is 60.3 cm³/mol. The summed E-state index contributed by atoms with van der Waals surface area (Å²) in [5.74, 6) is -1.55. The van der Waals surface area contributed by atoms with Gasteiger partial charge in [-0.15, -0.1) is 0 Å². The molecule has 0 radical (unpaired) electrons. The largest absolute Gasteiger partial charge is 0.463 e. The Morgan fingerprint density at radius 2 is 1.89 bits per heavy atom. The molecule has 1 heterocycles. The smallest absolute Gasteiger partial charge is 0.350 e. The van der Waals surface area contributed by atoms with E-state index in [1.807, 2.05) is 6.07 Å². The Kier molecular flexibility index (Phi) is 5.10. The first-order valence-electron chi connectivity index (χ1n) is 6.02. The monoisotopic (exact) mass is 255 g/mol. The first-order valence-corrected chi connectivity index (χ1v) is 6.02. The van der Waals surface area contributed by atoms with Crippen LogP contribution >= 0.6 is 0 Å². The molecule has 6 heteroatoms. The number of esters is 2. The predicted octanol–water partition coefficient (Wildman–Crippen LogP) is 0.944. The third-order valence-corrected chi connectivity index (χ3v) is 2.69. The van der Waals surface area contributed by atoms with Crippen LogP contribution in [0.1, 0.15) is 33.1 Å². The maximum atomic E-state index is 11.9. The molecule has 0 saturated carbocycles. The fourth-order valence-electron chi connectivity index (χ4n) is 1.87. The molecule has 18 heavy (non-hydrogen) atoms. The van der Waals surface area contributed by atoms with E-state index in [1.165, 1.54) is 0 Å². The summed E-state index contributed by atoms with van der Waals surface area (Å²) in [6.45, 7) is 3.56. The van der Waals surface area contributed by atoms with E-state index < -0.39 is 23.6 Å². The van der Waals surface area contributed by atoms with Crippen molar-refractivity contribution in [1.29, 1.82) is 5.26 Å². The van der Waals surface area contributed by atoms with Gasteiger partial charge in [-0.1, -0.05) is 0 Å². The number of hydrogen-bond donors (Lipinski definition) is 0. The van der Waals surface area contributed by atoms with Gasteiger partial charge in [-0.25, -0.2) is 9.59 Å². The van der Waals surface area contributed by atoms with Crippen molar-refractivity contribution < 1.29 is 23.8 Å². The van der Waals surface area contributed by atoms with Gasteiger partial charge in [0, 0.05) is 0 Å². The lowest BCUT2D eigenvalue weighted by molar-refractivity contribution is -0.201. The van der Waals surface area contributed by atoms with Crippen LogP contribution in [0.3, 0.4) is 0 Å². The van der Waals surface area contributed by atoms with Gasteiger partial charge >= 0.3 is 11.9 Å². The molecule has 6 nitrogen and oxygen atoms in total. The van der Waals surface area contributed by atoms with E-state index >= 15 is 0 Å². The number of nitriles is 1. The number of carbonyl (C=O) groups excluding carboxylic acids is 2. The molecule has 1 rings (SSSR count). The molecule has 0 aromatic rings. The fraction of sp³-hybridized carbons (Fsp3) is 0.750. The second-order valence-corrected chi connectivity index (χ2v) is 3.90. The summed E-state index contributed by atoms with van der Waals surface area (Å²) in [5.41, 5.74) is -1.77. The molecule has 100 valence electrons. The van der Waals surface area contributed by atoms with Gasteiger partial charge in [-0.3, -0.25) is 0 Å². The van der Waals surface area contributed by atoms with Crippen LogP contribution < -0.4 is 0 Å². The van der Waals surface area contributed by atoms with Crippen LogP contribution in [0.4, 0.5) is 0 Å². The molecular weight excluding hydrogens is 238 g/mol. The molecule has 1 unspecified atom stereocenters. The van der Waals surface area contributed by atoms with Crippen molar-refractivity contribution in [2.45, 2.75) is 44.8 Å². The average molecular weight is 255 g/mol. The van der Waals surface area contributed by atoms with Crippen molar-refractivity contribution in [3.05, 3.63) is 0 Å². The Hall–Kier alpha value is -1.61. The number of hydrogen-bond acceptors (Lipinski definition) is 6. The molecule has 0 amide bonds. The van der Waals surface area contributed by atoms with E-state index in [-0.39, 0.29) is 19.6 Å². The Labute approximate surface area is 106 Å².